The van der Waals surface area contributed by atoms with E-state index in [0.29, 0.717) is 17.4 Å². The SMILES string of the molecule is O=C(O)CCC(Nc1sc([N+](=O)[O-])cc1[N+](=O)[O-])C(=O)O. The lowest BCUT2D eigenvalue weighted by molar-refractivity contribution is -0.389. The summed E-state index contributed by atoms with van der Waals surface area (Å²) in [6.45, 7) is 0. The maximum absolute atomic E-state index is 11.0. The van der Waals surface area contributed by atoms with Gasteiger partial charge in [-0.3, -0.25) is 25.0 Å². The maximum atomic E-state index is 11.0. The van der Waals surface area contributed by atoms with Crippen molar-refractivity contribution in [3.63, 3.8) is 0 Å². The molecule has 0 saturated carbocycles. The summed E-state index contributed by atoms with van der Waals surface area (Å²) in [6, 6.07) is -0.693. The third-order valence-electron chi connectivity index (χ3n) is 2.33. The number of hydrogen-bond donors (Lipinski definition) is 3. The van der Waals surface area contributed by atoms with E-state index < -0.39 is 44.9 Å². The van der Waals surface area contributed by atoms with Crippen molar-refractivity contribution in [2.45, 2.75) is 18.9 Å². The molecule has 0 radical (unpaired) electrons. The van der Waals surface area contributed by atoms with E-state index in [2.05, 4.69) is 5.32 Å². The van der Waals surface area contributed by atoms with Gasteiger partial charge < -0.3 is 15.5 Å². The van der Waals surface area contributed by atoms with E-state index in [9.17, 15) is 29.8 Å². The Bertz CT molecular complexity index is 598. The minimum absolute atomic E-state index is 0.301. The first-order chi connectivity index (χ1) is 9.72. The topological polar surface area (TPSA) is 173 Å². The van der Waals surface area contributed by atoms with E-state index in [1.165, 1.54) is 0 Å². The van der Waals surface area contributed by atoms with E-state index in [1.807, 2.05) is 0 Å². The Hall–Kier alpha value is -2.76. The highest BCUT2D eigenvalue weighted by Crippen LogP contribution is 2.39. The van der Waals surface area contributed by atoms with E-state index in [-0.39, 0.29) is 11.4 Å². The number of hydrogen-bond acceptors (Lipinski definition) is 8. The lowest BCUT2D eigenvalue weighted by Crippen LogP contribution is -2.29. The summed E-state index contributed by atoms with van der Waals surface area (Å²) in [5.74, 6) is -2.64. The van der Waals surface area contributed by atoms with Gasteiger partial charge in [0, 0.05) is 6.42 Å². The number of nitrogens with one attached hydrogen (secondary N) is 1. The summed E-state index contributed by atoms with van der Waals surface area (Å²) >= 11 is 0.413. The van der Waals surface area contributed by atoms with Crippen molar-refractivity contribution in [1.82, 2.24) is 0 Å². The van der Waals surface area contributed by atoms with E-state index in [1.54, 1.807) is 0 Å². The molecule has 0 aliphatic heterocycles. The van der Waals surface area contributed by atoms with Crippen LogP contribution in [0.2, 0.25) is 0 Å². The number of rotatable bonds is 8. The largest absolute Gasteiger partial charge is 0.481 e. The zero-order valence-corrected chi connectivity index (χ0v) is 11.0. The van der Waals surface area contributed by atoms with Crippen molar-refractivity contribution in [3.05, 3.63) is 26.3 Å². The number of anilines is 1. The summed E-state index contributed by atoms with van der Waals surface area (Å²) in [6.07, 6.45) is -0.793. The van der Waals surface area contributed by atoms with Crippen LogP contribution in [0.5, 0.6) is 0 Å². The summed E-state index contributed by atoms with van der Waals surface area (Å²) in [5.41, 5.74) is -0.631. The maximum Gasteiger partial charge on any atom is 0.333 e. The predicted octanol–water partition coefficient (Wildman–Crippen LogP) is 1.29. The average Bonchev–Trinajstić information content (AvgIpc) is 2.77. The molecule has 11 nitrogen and oxygen atoms in total. The molecule has 0 spiro atoms. The van der Waals surface area contributed by atoms with Gasteiger partial charge in [-0.15, -0.1) is 0 Å². The zero-order chi connectivity index (χ0) is 16.2. The number of nitrogens with zero attached hydrogens (tertiary/aromatic N) is 2. The van der Waals surface area contributed by atoms with Crippen molar-refractivity contribution in [2.24, 2.45) is 0 Å². The number of carboxylic acid groups (broad SMARTS) is 2. The first-order valence-electron chi connectivity index (χ1n) is 5.36. The number of thiophene rings is 1. The second kappa shape index (κ2) is 6.60. The lowest BCUT2D eigenvalue weighted by Gasteiger charge is -2.12. The molecule has 0 saturated heterocycles. The van der Waals surface area contributed by atoms with Crippen LogP contribution in [0.25, 0.3) is 0 Å². The van der Waals surface area contributed by atoms with Gasteiger partial charge in [0.15, 0.2) is 5.00 Å². The van der Waals surface area contributed by atoms with Crippen LogP contribution < -0.4 is 5.32 Å². The monoisotopic (exact) mass is 319 g/mol. The Morgan fingerprint density at radius 2 is 1.90 bits per heavy atom. The molecule has 1 rings (SSSR count). The van der Waals surface area contributed by atoms with Gasteiger partial charge in [-0.2, -0.15) is 0 Å². The average molecular weight is 319 g/mol. The summed E-state index contributed by atoms with van der Waals surface area (Å²) in [4.78, 5) is 41.1. The Morgan fingerprint density at radius 1 is 1.29 bits per heavy atom. The molecule has 1 atom stereocenters. The molecular formula is C9H9N3O8S. The van der Waals surface area contributed by atoms with Crippen molar-refractivity contribution < 1.29 is 29.6 Å². The van der Waals surface area contributed by atoms with Crippen LogP contribution in [-0.4, -0.2) is 38.0 Å². The van der Waals surface area contributed by atoms with Crippen molar-refractivity contribution in [2.75, 3.05) is 5.32 Å². The number of nitro groups is 2. The number of carbonyl (C=O) groups is 2. The zero-order valence-electron chi connectivity index (χ0n) is 10.2. The van der Waals surface area contributed by atoms with Crippen LogP contribution in [-0.2, 0) is 9.59 Å². The molecule has 1 heterocycles. The Balaban J connectivity index is 3.02. The summed E-state index contributed by atoms with van der Waals surface area (Å²) in [7, 11) is 0. The molecule has 0 fully saturated rings. The van der Waals surface area contributed by atoms with Gasteiger partial charge >= 0.3 is 22.6 Å². The van der Waals surface area contributed by atoms with Crippen LogP contribution in [0, 0.1) is 20.2 Å². The van der Waals surface area contributed by atoms with Crippen molar-refractivity contribution in [1.29, 1.82) is 0 Å². The second-order valence-electron chi connectivity index (χ2n) is 3.78. The van der Waals surface area contributed by atoms with Gasteiger partial charge in [0.2, 0.25) is 0 Å². The number of carboxylic acids is 2. The van der Waals surface area contributed by atoms with E-state index >= 15 is 0 Å². The van der Waals surface area contributed by atoms with Crippen LogP contribution in [0.1, 0.15) is 12.8 Å². The molecule has 21 heavy (non-hydrogen) atoms. The molecule has 114 valence electrons. The van der Waals surface area contributed by atoms with Crippen LogP contribution in [0.3, 0.4) is 0 Å². The van der Waals surface area contributed by atoms with E-state index in [0.717, 1.165) is 0 Å². The summed E-state index contributed by atoms with van der Waals surface area (Å²) in [5, 5.41) is 40.3. The van der Waals surface area contributed by atoms with Gasteiger partial charge in [-0.05, 0) is 17.8 Å². The lowest BCUT2D eigenvalue weighted by atomic mass is 10.1. The Kier molecular flexibility index (Phi) is 5.12. The van der Waals surface area contributed by atoms with Crippen molar-refractivity contribution >= 4 is 39.0 Å². The molecule has 0 aromatic carbocycles. The van der Waals surface area contributed by atoms with Crippen molar-refractivity contribution in [3.8, 4) is 0 Å². The molecule has 3 N–H and O–H groups in total. The van der Waals surface area contributed by atoms with Crippen LogP contribution in [0.4, 0.5) is 15.7 Å². The fraction of sp³-hybridized carbons (Fsp3) is 0.333. The minimum atomic E-state index is -1.42. The van der Waals surface area contributed by atoms with Gasteiger partial charge in [0.25, 0.3) is 0 Å². The molecule has 0 aliphatic carbocycles. The highest BCUT2D eigenvalue weighted by Gasteiger charge is 2.28. The predicted molar refractivity (Wildman–Crippen MR) is 69.5 cm³/mol. The van der Waals surface area contributed by atoms with Gasteiger partial charge in [-0.1, -0.05) is 0 Å². The molecule has 1 unspecified atom stereocenters. The molecule has 1 aromatic rings. The summed E-state index contributed by atoms with van der Waals surface area (Å²) < 4.78 is 0. The number of aliphatic carboxylic acids is 2. The van der Waals surface area contributed by atoms with Gasteiger partial charge in [-0.25, -0.2) is 4.79 Å². The quantitative estimate of drug-likeness (QED) is 0.471. The second-order valence-corrected chi connectivity index (χ2v) is 4.81. The van der Waals surface area contributed by atoms with Crippen LogP contribution in [0.15, 0.2) is 6.07 Å². The Morgan fingerprint density at radius 3 is 2.33 bits per heavy atom. The normalized spacial score (nSPS) is 11.6. The van der Waals surface area contributed by atoms with Gasteiger partial charge in [0.05, 0.1) is 9.85 Å². The molecular weight excluding hydrogens is 310 g/mol. The minimum Gasteiger partial charge on any atom is -0.481 e. The molecule has 1 aromatic heterocycles. The molecule has 0 bridgehead atoms. The standard InChI is InChI=1S/C9H9N3O8S/c13-7(14)2-1-4(9(15)16)10-8-5(11(17)18)3-6(21-8)12(19)20/h3-4,10H,1-2H2,(H,13,14)(H,15,16). The highest BCUT2D eigenvalue weighted by molar-refractivity contribution is 7.19. The fourth-order valence-corrected chi connectivity index (χ4v) is 2.27. The van der Waals surface area contributed by atoms with E-state index in [4.69, 9.17) is 10.2 Å². The fourth-order valence-electron chi connectivity index (χ4n) is 1.38. The third kappa shape index (κ3) is 4.38. The molecule has 0 amide bonds. The first-order valence-corrected chi connectivity index (χ1v) is 6.17. The molecule has 0 aliphatic rings. The third-order valence-corrected chi connectivity index (χ3v) is 3.33. The van der Waals surface area contributed by atoms with Gasteiger partial charge in [0.1, 0.15) is 12.1 Å². The Labute approximate surface area is 120 Å². The van der Waals surface area contributed by atoms with Crippen LogP contribution >= 0.6 is 11.3 Å². The smallest absolute Gasteiger partial charge is 0.333 e. The molecule has 12 heteroatoms. The highest BCUT2D eigenvalue weighted by atomic mass is 32.1. The first kappa shape index (κ1) is 16.3.